The largest absolute Gasteiger partial charge is 0.337 e. The molecule has 1 aliphatic heterocycles. The molecule has 2 saturated carbocycles. The molecule has 0 spiro atoms. The first-order valence-corrected chi connectivity index (χ1v) is 8.68. The molecule has 1 saturated heterocycles. The van der Waals surface area contributed by atoms with Crippen LogP contribution in [0.2, 0.25) is 0 Å². The van der Waals surface area contributed by atoms with E-state index in [0.717, 1.165) is 25.4 Å². The van der Waals surface area contributed by atoms with Crippen molar-refractivity contribution in [1.82, 2.24) is 10.2 Å². The SMILES string of the molecule is CC(CC(=O)N(C1CC1)C(C)C1CC1)C1CCCNC1.Cl. The lowest BCUT2D eigenvalue weighted by Crippen LogP contribution is -2.43. The molecule has 3 nitrogen and oxygen atoms in total. The molecule has 0 radical (unpaired) electrons. The molecule has 3 fully saturated rings. The molecule has 122 valence electrons. The Morgan fingerprint density at radius 1 is 1.14 bits per heavy atom. The molecule has 2 aliphatic carbocycles. The minimum Gasteiger partial charge on any atom is -0.337 e. The number of nitrogens with one attached hydrogen (secondary N) is 1. The molecule has 1 heterocycles. The Hall–Kier alpha value is -0.280. The molecule has 0 aromatic rings. The first-order chi connectivity index (χ1) is 9.66. The lowest BCUT2D eigenvalue weighted by atomic mass is 9.85. The van der Waals surface area contributed by atoms with E-state index in [0.29, 0.717) is 29.8 Å². The molecule has 3 atom stereocenters. The monoisotopic (exact) mass is 314 g/mol. The predicted molar refractivity (Wildman–Crippen MR) is 88.7 cm³/mol. The first kappa shape index (κ1) is 17.1. The van der Waals surface area contributed by atoms with Crippen molar-refractivity contribution in [2.45, 2.75) is 70.9 Å². The summed E-state index contributed by atoms with van der Waals surface area (Å²) in [5.74, 6) is 2.46. The normalized spacial score (nSPS) is 28.4. The van der Waals surface area contributed by atoms with E-state index in [4.69, 9.17) is 0 Å². The fourth-order valence-electron chi connectivity index (χ4n) is 3.83. The van der Waals surface area contributed by atoms with E-state index >= 15 is 0 Å². The van der Waals surface area contributed by atoms with Crippen LogP contribution in [-0.4, -0.2) is 36.0 Å². The maximum atomic E-state index is 12.8. The van der Waals surface area contributed by atoms with Crippen LogP contribution in [0.15, 0.2) is 0 Å². The van der Waals surface area contributed by atoms with Gasteiger partial charge in [0.2, 0.25) is 5.91 Å². The Morgan fingerprint density at radius 2 is 1.86 bits per heavy atom. The summed E-state index contributed by atoms with van der Waals surface area (Å²) >= 11 is 0. The third kappa shape index (κ3) is 4.35. The summed E-state index contributed by atoms with van der Waals surface area (Å²) in [6.07, 6.45) is 8.47. The minimum atomic E-state index is 0. The first-order valence-electron chi connectivity index (χ1n) is 8.68. The van der Waals surface area contributed by atoms with Gasteiger partial charge in [0.15, 0.2) is 0 Å². The zero-order chi connectivity index (χ0) is 14.1. The number of hydrogen-bond donors (Lipinski definition) is 1. The highest BCUT2D eigenvalue weighted by Crippen LogP contribution is 2.40. The molecule has 3 rings (SSSR count). The summed E-state index contributed by atoms with van der Waals surface area (Å²) in [5.41, 5.74) is 0. The van der Waals surface area contributed by atoms with Crippen molar-refractivity contribution in [2.75, 3.05) is 13.1 Å². The van der Waals surface area contributed by atoms with Crippen LogP contribution in [-0.2, 0) is 4.79 Å². The standard InChI is InChI=1S/C17H30N2O.ClH/c1-12(15-4-3-9-18-11-15)10-17(20)19(16-7-8-16)13(2)14-5-6-14;/h12-16,18H,3-11H2,1-2H3;1H. The highest BCUT2D eigenvalue weighted by molar-refractivity contribution is 5.85. The van der Waals surface area contributed by atoms with Crippen molar-refractivity contribution in [3.05, 3.63) is 0 Å². The van der Waals surface area contributed by atoms with Crippen molar-refractivity contribution >= 4 is 18.3 Å². The van der Waals surface area contributed by atoms with Crippen molar-refractivity contribution in [2.24, 2.45) is 17.8 Å². The van der Waals surface area contributed by atoms with Gasteiger partial charge in [-0.25, -0.2) is 0 Å². The van der Waals surface area contributed by atoms with Gasteiger partial charge < -0.3 is 10.2 Å². The number of piperidine rings is 1. The summed E-state index contributed by atoms with van der Waals surface area (Å²) in [5, 5.41) is 3.48. The van der Waals surface area contributed by atoms with Crippen LogP contribution < -0.4 is 5.32 Å². The van der Waals surface area contributed by atoms with E-state index in [1.54, 1.807) is 0 Å². The van der Waals surface area contributed by atoms with Gasteiger partial charge in [-0.2, -0.15) is 0 Å². The van der Waals surface area contributed by atoms with Crippen LogP contribution >= 0.6 is 12.4 Å². The Labute approximate surface area is 135 Å². The lowest BCUT2D eigenvalue weighted by Gasteiger charge is -2.33. The van der Waals surface area contributed by atoms with E-state index in [-0.39, 0.29) is 12.4 Å². The third-order valence-electron chi connectivity index (χ3n) is 5.61. The van der Waals surface area contributed by atoms with Gasteiger partial charge in [0.1, 0.15) is 0 Å². The quantitative estimate of drug-likeness (QED) is 0.816. The summed E-state index contributed by atoms with van der Waals surface area (Å²) < 4.78 is 0. The second kappa shape index (κ2) is 7.32. The molecule has 1 N–H and O–H groups in total. The topological polar surface area (TPSA) is 32.3 Å². The number of hydrogen-bond acceptors (Lipinski definition) is 2. The van der Waals surface area contributed by atoms with Crippen LogP contribution in [0.1, 0.15) is 58.8 Å². The smallest absolute Gasteiger partial charge is 0.223 e. The summed E-state index contributed by atoms with van der Waals surface area (Å²) in [4.78, 5) is 15.0. The second-order valence-electron chi connectivity index (χ2n) is 7.40. The van der Waals surface area contributed by atoms with Crippen molar-refractivity contribution < 1.29 is 4.79 Å². The summed E-state index contributed by atoms with van der Waals surface area (Å²) in [6, 6.07) is 1.07. The van der Waals surface area contributed by atoms with Gasteiger partial charge in [0.05, 0.1) is 0 Å². The Bertz CT molecular complexity index is 349. The van der Waals surface area contributed by atoms with E-state index in [2.05, 4.69) is 24.1 Å². The summed E-state index contributed by atoms with van der Waals surface area (Å²) in [7, 11) is 0. The number of halogens is 1. The van der Waals surface area contributed by atoms with Gasteiger partial charge in [0, 0.05) is 18.5 Å². The van der Waals surface area contributed by atoms with Crippen LogP contribution in [0.3, 0.4) is 0 Å². The summed E-state index contributed by atoms with van der Waals surface area (Å²) in [6.45, 7) is 6.82. The van der Waals surface area contributed by atoms with Crippen LogP contribution in [0, 0.1) is 17.8 Å². The maximum absolute atomic E-state index is 12.8. The molecular formula is C17H31ClN2O. The van der Waals surface area contributed by atoms with E-state index in [1.807, 2.05) is 0 Å². The highest BCUT2D eigenvalue weighted by atomic mass is 35.5. The van der Waals surface area contributed by atoms with E-state index in [9.17, 15) is 4.79 Å². The molecule has 21 heavy (non-hydrogen) atoms. The number of carbonyl (C=O) groups excluding carboxylic acids is 1. The Kier molecular flexibility index (Phi) is 5.96. The average Bonchev–Trinajstić information content (AvgIpc) is 3.31. The van der Waals surface area contributed by atoms with Crippen molar-refractivity contribution in [1.29, 1.82) is 0 Å². The second-order valence-corrected chi connectivity index (χ2v) is 7.40. The predicted octanol–water partition coefficient (Wildman–Crippen LogP) is 3.22. The number of rotatable bonds is 6. The molecule has 0 bridgehead atoms. The third-order valence-corrected chi connectivity index (χ3v) is 5.61. The van der Waals surface area contributed by atoms with Crippen molar-refractivity contribution in [3.8, 4) is 0 Å². The molecule has 0 aromatic heterocycles. The fraction of sp³-hybridized carbons (Fsp3) is 0.941. The van der Waals surface area contributed by atoms with E-state index in [1.165, 1.54) is 38.5 Å². The molecule has 4 heteroatoms. The minimum absolute atomic E-state index is 0. The van der Waals surface area contributed by atoms with Crippen LogP contribution in [0.5, 0.6) is 0 Å². The van der Waals surface area contributed by atoms with Crippen molar-refractivity contribution in [3.63, 3.8) is 0 Å². The van der Waals surface area contributed by atoms with Crippen LogP contribution in [0.4, 0.5) is 0 Å². The Balaban J connectivity index is 0.00000161. The Morgan fingerprint density at radius 3 is 2.38 bits per heavy atom. The maximum Gasteiger partial charge on any atom is 0.223 e. The van der Waals surface area contributed by atoms with Gasteiger partial charge in [-0.05, 0) is 76.3 Å². The van der Waals surface area contributed by atoms with Gasteiger partial charge in [0.25, 0.3) is 0 Å². The highest BCUT2D eigenvalue weighted by Gasteiger charge is 2.41. The number of nitrogens with zero attached hydrogens (tertiary/aromatic N) is 1. The lowest BCUT2D eigenvalue weighted by molar-refractivity contribution is -0.135. The molecule has 3 unspecified atom stereocenters. The zero-order valence-electron chi connectivity index (χ0n) is 13.5. The molecule has 3 aliphatic rings. The number of carbonyl (C=O) groups is 1. The van der Waals surface area contributed by atoms with Gasteiger partial charge >= 0.3 is 0 Å². The van der Waals surface area contributed by atoms with E-state index < -0.39 is 0 Å². The van der Waals surface area contributed by atoms with Gasteiger partial charge in [-0.1, -0.05) is 6.92 Å². The number of amides is 1. The average molecular weight is 315 g/mol. The molecular weight excluding hydrogens is 284 g/mol. The molecule has 1 amide bonds. The van der Waals surface area contributed by atoms with Crippen LogP contribution in [0.25, 0.3) is 0 Å². The van der Waals surface area contributed by atoms with Gasteiger partial charge in [-0.3, -0.25) is 4.79 Å². The fourth-order valence-corrected chi connectivity index (χ4v) is 3.83. The molecule has 0 aromatic carbocycles. The van der Waals surface area contributed by atoms with Gasteiger partial charge in [-0.15, -0.1) is 12.4 Å². The zero-order valence-corrected chi connectivity index (χ0v) is 14.3.